The molecule has 0 aromatic heterocycles. The van der Waals surface area contributed by atoms with E-state index in [1.807, 2.05) is 24.3 Å². The van der Waals surface area contributed by atoms with Crippen molar-refractivity contribution in [2.45, 2.75) is 116 Å². The summed E-state index contributed by atoms with van der Waals surface area (Å²) in [5.74, 6) is -3.20. The van der Waals surface area contributed by atoms with Crippen molar-refractivity contribution in [2.24, 2.45) is 0 Å². The Morgan fingerprint density at radius 3 is 0.796 bits per heavy atom. The number of aliphatic hydroxyl groups excluding tert-OH is 2. The number of aliphatic hydroxyl groups is 2. The van der Waals surface area contributed by atoms with Gasteiger partial charge in [0.05, 0.1) is 12.2 Å². The first kappa shape index (κ1) is 45.8. The molecule has 54 heavy (non-hydrogen) atoms. The minimum absolute atomic E-state index is 0.226. The highest BCUT2D eigenvalue weighted by molar-refractivity contribution is 6.27. The third-order valence-corrected chi connectivity index (χ3v) is 9.50. The Labute approximate surface area is 324 Å². The maximum Gasteiger partial charge on any atom is 0.414 e. The van der Waals surface area contributed by atoms with E-state index in [0.717, 1.165) is 12.8 Å². The van der Waals surface area contributed by atoms with E-state index in [0.29, 0.717) is 37.3 Å². The van der Waals surface area contributed by atoms with Gasteiger partial charge >= 0.3 is 11.9 Å². The molecule has 4 aromatic rings. The van der Waals surface area contributed by atoms with Gasteiger partial charge in [0, 0.05) is 49.1 Å². The summed E-state index contributed by atoms with van der Waals surface area (Å²) >= 11 is 0. The van der Waals surface area contributed by atoms with Gasteiger partial charge in [-0.1, -0.05) is 121 Å². The summed E-state index contributed by atoms with van der Waals surface area (Å²) < 4.78 is 0. The Morgan fingerprint density at radius 1 is 0.426 bits per heavy atom. The molecule has 2 unspecified atom stereocenters. The second-order valence-corrected chi connectivity index (χ2v) is 14.9. The molecule has 0 heterocycles. The van der Waals surface area contributed by atoms with Crippen molar-refractivity contribution >= 4 is 11.9 Å². The number of benzene rings is 4. The standard InChI is InChI=1S/2C22H31NO.C2H2O4/c2*1-17(2)23(18(3)4)16-21(24)15-22(19-11-7-5-8-12-19)20-13-9-6-10-14-20;3-1(4)2(5)6/h2*5-14,17-18,21-22,24H,15-16H2,1-4H3;(H,3,4)(H,5,6). The molecule has 2 atom stereocenters. The summed E-state index contributed by atoms with van der Waals surface area (Å²) in [6.45, 7) is 19.0. The van der Waals surface area contributed by atoms with Crippen LogP contribution in [0.25, 0.3) is 0 Å². The molecule has 0 saturated carbocycles. The van der Waals surface area contributed by atoms with Gasteiger partial charge in [-0.3, -0.25) is 9.80 Å². The van der Waals surface area contributed by atoms with Crippen molar-refractivity contribution in [3.63, 3.8) is 0 Å². The monoisotopic (exact) mass is 740 g/mol. The van der Waals surface area contributed by atoms with Crippen LogP contribution in [0.15, 0.2) is 121 Å². The first-order valence-corrected chi connectivity index (χ1v) is 19.2. The van der Waals surface area contributed by atoms with E-state index >= 15 is 0 Å². The Bertz CT molecular complexity index is 1370. The lowest BCUT2D eigenvalue weighted by Crippen LogP contribution is -2.42. The van der Waals surface area contributed by atoms with Gasteiger partial charge in [-0.05, 0) is 90.5 Å². The van der Waals surface area contributed by atoms with Crippen molar-refractivity contribution in [1.29, 1.82) is 0 Å². The molecule has 8 heteroatoms. The summed E-state index contributed by atoms with van der Waals surface area (Å²) in [7, 11) is 0. The molecule has 0 radical (unpaired) electrons. The lowest BCUT2D eigenvalue weighted by Gasteiger charge is -2.33. The first-order chi connectivity index (χ1) is 25.6. The molecule has 0 spiro atoms. The Hall–Kier alpha value is -4.34. The molecule has 0 fully saturated rings. The van der Waals surface area contributed by atoms with Gasteiger partial charge in [0.2, 0.25) is 0 Å². The highest BCUT2D eigenvalue weighted by Gasteiger charge is 2.24. The fourth-order valence-electron chi connectivity index (χ4n) is 6.89. The van der Waals surface area contributed by atoms with Crippen LogP contribution in [0.3, 0.4) is 0 Å². The van der Waals surface area contributed by atoms with Crippen molar-refractivity contribution in [3.05, 3.63) is 144 Å². The average molecular weight is 741 g/mol. The molecule has 0 aliphatic rings. The van der Waals surface area contributed by atoms with Crippen LogP contribution in [0.5, 0.6) is 0 Å². The average Bonchev–Trinajstić information content (AvgIpc) is 3.15. The van der Waals surface area contributed by atoms with Gasteiger partial charge in [0.25, 0.3) is 0 Å². The van der Waals surface area contributed by atoms with E-state index < -0.39 is 11.9 Å². The quantitative estimate of drug-likeness (QED) is 0.0844. The molecule has 4 N–H and O–H groups in total. The first-order valence-electron chi connectivity index (χ1n) is 19.2. The minimum Gasteiger partial charge on any atom is -0.473 e. The SMILES string of the molecule is CC(C)N(CC(O)CC(c1ccccc1)c1ccccc1)C(C)C.CC(C)N(CC(O)CC(c1ccccc1)c1ccccc1)C(C)C.O=C(O)C(=O)O. The zero-order valence-electron chi connectivity index (χ0n) is 33.5. The topological polar surface area (TPSA) is 122 Å². The molecule has 0 bridgehead atoms. The predicted molar refractivity (Wildman–Crippen MR) is 220 cm³/mol. The number of hydrogen-bond acceptors (Lipinski definition) is 6. The van der Waals surface area contributed by atoms with Gasteiger partial charge in [-0.2, -0.15) is 0 Å². The number of hydrogen-bond donors (Lipinski definition) is 4. The van der Waals surface area contributed by atoms with Crippen LogP contribution in [0.4, 0.5) is 0 Å². The maximum atomic E-state index is 10.8. The predicted octanol–water partition coefficient (Wildman–Crippen LogP) is 8.53. The number of carboxylic acids is 2. The highest BCUT2D eigenvalue weighted by atomic mass is 16.4. The molecular formula is C46H64N2O6. The van der Waals surface area contributed by atoms with Gasteiger partial charge < -0.3 is 20.4 Å². The van der Waals surface area contributed by atoms with Gasteiger partial charge in [0.15, 0.2) is 0 Å². The van der Waals surface area contributed by atoms with Crippen molar-refractivity contribution in [1.82, 2.24) is 9.80 Å². The minimum atomic E-state index is -1.82. The molecule has 4 aromatic carbocycles. The van der Waals surface area contributed by atoms with E-state index in [1.165, 1.54) is 22.3 Å². The van der Waals surface area contributed by atoms with Gasteiger partial charge in [-0.25, -0.2) is 9.59 Å². The summed E-state index contributed by atoms with van der Waals surface area (Å²) in [4.78, 5) is 22.9. The molecule has 0 aliphatic carbocycles. The van der Waals surface area contributed by atoms with Crippen molar-refractivity contribution < 1.29 is 30.0 Å². The Kier molecular flexibility index (Phi) is 20.5. The molecule has 8 nitrogen and oxygen atoms in total. The Morgan fingerprint density at radius 2 is 0.630 bits per heavy atom. The third kappa shape index (κ3) is 16.4. The second kappa shape index (κ2) is 24.1. The van der Waals surface area contributed by atoms with Crippen LogP contribution in [-0.4, -0.2) is 91.6 Å². The van der Waals surface area contributed by atoms with E-state index in [2.05, 4.69) is 162 Å². The normalized spacial score (nSPS) is 12.6. The lowest BCUT2D eigenvalue weighted by atomic mass is 9.86. The summed E-state index contributed by atoms with van der Waals surface area (Å²) in [5, 5.41) is 36.3. The number of aliphatic carboxylic acids is 2. The van der Waals surface area contributed by atoms with Crippen LogP contribution in [0, 0.1) is 0 Å². The van der Waals surface area contributed by atoms with Crippen LogP contribution in [0.1, 0.15) is 102 Å². The van der Waals surface area contributed by atoms with Gasteiger partial charge in [-0.15, -0.1) is 0 Å². The van der Waals surface area contributed by atoms with E-state index in [-0.39, 0.29) is 24.0 Å². The Balaban J connectivity index is 0.000000325. The summed E-state index contributed by atoms with van der Waals surface area (Å²) in [5.41, 5.74) is 5.07. The summed E-state index contributed by atoms with van der Waals surface area (Å²) in [6, 6.07) is 43.8. The third-order valence-electron chi connectivity index (χ3n) is 9.50. The smallest absolute Gasteiger partial charge is 0.414 e. The van der Waals surface area contributed by atoms with E-state index in [4.69, 9.17) is 19.8 Å². The molecule has 0 amide bonds. The number of nitrogens with zero attached hydrogens (tertiary/aromatic N) is 2. The van der Waals surface area contributed by atoms with E-state index in [9.17, 15) is 10.2 Å². The zero-order valence-corrected chi connectivity index (χ0v) is 33.5. The largest absolute Gasteiger partial charge is 0.473 e. The van der Waals surface area contributed by atoms with Crippen LogP contribution in [0.2, 0.25) is 0 Å². The van der Waals surface area contributed by atoms with Crippen LogP contribution in [-0.2, 0) is 9.59 Å². The van der Waals surface area contributed by atoms with E-state index in [1.54, 1.807) is 0 Å². The molecule has 0 aliphatic heterocycles. The zero-order chi connectivity index (χ0) is 40.2. The summed E-state index contributed by atoms with van der Waals surface area (Å²) in [6.07, 6.45) is 0.786. The van der Waals surface area contributed by atoms with Gasteiger partial charge in [0.1, 0.15) is 0 Å². The molecular weight excluding hydrogens is 677 g/mol. The number of rotatable bonds is 16. The van der Waals surface area contributed by atoms with Crippen LogP contribution < -0.4 is 0 Å². The fraction of sp³-hybridized carbons (Fsp3) is 0.435. The maximum absolute atomic E-state index is 10.8. The second-order valence-electron chi connectivity index (χ2n) is 14.9. The molecule has 4 rings (SSSR count). The molecule has 294 valence electrons. The van der Waals surface area contributed by atoms with Crippen molar-refractivity contribution in [3.8, 4) is 0 Å². The fourth-order valence-corrected chi connectivity index (χ4v) is 6.89. The number of carboxylic acid groups (broad SMARTS) is 2. The van der Waals surface area contributed by atoms with Crippen LogP contribution >= 0.6 is 0 Å². The highest BCUT2D eigenvalue weighted by Crippen LogP contribution is 2.31. The molecule has 0 saturated heterocycles. The van der Waals surface area contributed by atoms with Crippen molar-refractivity contribution in [2.75, 3.05) is 13.1 Å². The lowest BCUT2D eigenvalue weighted by molar-refractivity contribution is -0.159. The number of carbonyl (C=O) groups is 2.